The lowest BCUT2D eigenvalue weighted by molar-refractivity contribution is -0.146. The molecule has 3 heteroatoms. The van der Waals surface area contributed by atoms with Gasteiger partial charge in [-0.25, -0.2) is 0 Å². The van der Waals surface area contributed by atoms with E-state index in [1.807, 2.05) is 0 Å². The van der Waals surface area contributed by atoms with Crippen LogP contribution < -0.4 is 0 Å². The molecule has 0 N–H and O–H groups in total. The molecule has 1 unspecified atom stereocenters. The van der Waals surface area contributed by atoms with Gasteiger partial charge in [0.1, 0.15) is 0 Å². The predicted molar refractivity (Wildman–Crippen MR) is 87.9 cm³/mol. The summed E-state index contributed by atoms with van der Waals surface area (Å²) in [5.41, 5.74) is 2.34. The molecular formula is C19H23NO2. The maximum Gasteiger partial charge on any atom is 0.0992 e. The van der Waals surface area contributed by atoms with Crippen LogP contribution in [0.3, 0.4) is 0 Å². The maximum atomic E-state index is 6.15. The molecule has 0 spiro atoms. The number of hydrogen-bond acceptors (Lipinski definition) is 3. The number of nitrogens with zero attached hydrogens (tertiary/aromatic N) is 1. The van der Waals surface area contributed by atoms with Gasteiger partial charge in [0.05, 0.1) is 24.9 Å². The zero-order valence-corrected chi connectivity index (χ0v) is 13.2. The van der Waals surface area contributed by atoms with E-state index in [4.69, 9.17) is 9.47 Å². The van der Waals surface area contributed by atoms with Crippen LogP contribution in [-0.2, 0) is 15.0 Å². The van der Waals surface area contributed by atoms with Crippen molar-refractivity contribution >= 4 is 0 Å². The van der Waals surface area contributed by atoms with Crippen LogP contribution in [0.25, 0.3) is 0 Å². The fraction of sp³-hybridized carbons (Fsp3) is 0.368. The Balaban J connectivity index is 1.99. The molecule has 2 aromatic carbocycles. The van der Waals surface area contributed by atoms with Crippen molar-refractivity contribution in [2.75, 3.05) is 33.9 Å². The quantitative estimate of drug-likeness (QED) is 0.765. The van der Waals surface area contributed by atoms with E-state index >= 15 is 0 Å². The van der Waals surface area contributed by atoms with Gasteiger partial charge in [-0.15, -0.1) is 0 Å². The lowest BCUT2D eigenvalue weighted by Gasteiger charge is -2.57. The molecule has 1 saturated heterocycles. The Morgan fingerprint density at radius 3 is 1.95 bits per heavy atom. The van der Waals surface area contributed by atoms with Crippen LogP contribution in [0, 0.1) is 0 Å². The van der Waals surface area contributed by atoms with Gasteiger partial charge in [0.25, 0.3) is 0 Å². The molecule has 1 heterocycles. The van der Waals surface area contributed by atoms with E-state index in [0.717, 1.165) is 6.54 Å². The molecule has 3 nitrogen and oxygen atoms in total. The third-order valence-corrected chi connectivity index (χ3v) is 4.54. The second kappa shape index (κ2) is 6.61. The summed E-state index contributed by atoms with van der Waals surface area (Å²) in [7, 11) is 3.87. The monoisotopic (exact) mass is 297 g/mol. The normalized spacial score (nSPS) is 20.5. The Kier molecular flexibility index (Phi) is 4.57. The van der Waals surface area contributed by atoms with Gasteiger partial charge in [-0.2, -0.15) is 0 Å². The molecule has 0 aliphatic carbocycles. The fourth-order valence-electron chi connectivity index (χ4n) is 3.47. The van der Waals surface area contributed by atoms with Crippen molar-refractivity contribution in [3.05, 3.63) is 71.8 Å². The van der Waals surface area contributed by atoms with Crippen molar-refractivity contribution in [1.82, 2.24) is 4.90 Å². The molecule has 0 aromatic heterocycles. The summed E-state index contributed by atoms with van der Waals surface area (Å²) in [4.78, 5) is 2.37. The zero-order chi connectivity index (χ0) is 15.4. The van der Waals surface area contributed by atoms with Gasteiger partial charge in [0, 0.05) is 13.7 Å². The van der Waals surface area contributed by atoms with Gasteiger partial charge in [0.15, 0.2) is 0 Å². The van der Waals surface area contributed by atoms with Crippen LogP contribution in [-0.4, -0.2) is 44.9 Å². The molecular weight excluding hydrogens is 274 g/mol. The molecule has 1 aliphatic rings. The third kappa shape index (κ3) is 2.45. The van der Waals surface area contributed by atoms with Gasteiger partial charge < -0.3 is 9.47 Å². The highest BCUT2D eigenvalue weighted by molar-refractivity contribution is 5.43. The molecule has 1 aliphatic heterocycles. The first-order chi connectivity index (χ1) is 10.8. The highest BCUT2D eigenvalue weighted by Gasteiger charge is 2.54. The average Bonchev–Trinajstić information content (AvgIpc) is 2.56. The first-order valence-corrected chi connectivity index (χ1v) is 7.73. The minimum absolute atomic E-state index is 0.137. The van der Waals surface area contributed by atoms with Crippen LogP contribution in [0.5, 0.6) is 0 Å². The minimum Gasteiger partial charge on any atom is -0.382 e. The van der Waals surface area contributed by atoms with E-state index in [1.165, 1.54) is 11.1 Å². The number of benzene rings is 2. The number of rotatable bonds is 6. The first-order valence-electron chi connectivity index (χ1n) is 7.73. The SMILES string of the molecule is COCCOC1CN(C)C1(c1ccccc1)c1ccccc1. The molecule has 1 fully saturated rings. The van der Waals surface area contributed by atoms with E-state index < -0.39 is 0 Å². The van der Waals surface area contributed by atoms with Gasteiger partial charge >= 0.3 is 0 Å². The summed E-state index contributed by atoms with van der Waals surface area (Å²) in [5, 5.41) is 0. The van der Waals surface area contributed by atoms with Crippen molar-refractivity contribution in [3.8, 4) is 0 Å². The van der Waals surface area contributed by atoms with Crippen LogP contribution in [0.4, 0.5) is 0 Å². The van der Waals surface area contributed by atoms with Crippen molar-refractivity contribution in [2.45, 2.75) is 11.6 Å². The summed E-state index contributed by atoms with van der Waals surface area (Å²) in [6.07, 6.45) is 0.137. The van der Waals surface area contributed by atoms with E-state index in [0.29, 0.717) is 13.2 Å². The van der Waals surface area contributed by atoms with Crippen LogP contribution in [0.2, 0.25) is 0 Å². The van der Waals surface area contributed by atoms with Gasteiger partial charge in [0.2, 0.25) is 0 Å². The molecule has 1 atom stereocenters. The van der Waals surface area contributed by atoms with Gasteiger partial charge in [-0.3, -0.25) is 4.90 Å². The first kappa shape index (κ1) is 15.2. The Hall–Kier alpha value is -1.68. The summed E-state index contributed by atoms with van der Waals surface area (Å²) in [6.45, 7) is 2.17. The third-order valence-electron chi connectivity index (χ3n) is 4.54. The smallest absolute Gasteiger partial charge is 0.0992 e. The molecule has 3 rings (SSSR count). The molecule has 116 valence electrons. The standard InChI is InChI=1S/C19H23NO2/c1-20-15-18(22-14-13-21-2)19(20,16-9-5-3-6-10-16)17-11-7-4-8-12-17/h3-12,18H,13-15H2,1-2H3. The summed E-state index contributed by atoms with van der Waals surface area (Å²) >= 11 is 0. The van der Waals surface area contributed by atoms with Crippen LogP contribution in [0.15, 0.2) is 60.7 Å². The van der Waals surface area contributed by atoms with Crippen molar-refractivity contribution in [1.29, 1.82) is 0 Å². The summed E-state index contributed by atoms with van der Waals surface area (Å²) in [5.74, 6) is 0. The summed E-state index contributed by atoms with van der Waals surface area (Å²) < 4.78 is 11.3. The number of likely N-dealkylation sites (tertiary alicyclic amines) is 1. The lowest BCUT2D eigenvalue weighted by atomic mass is 9.71. The number of methoxy groups -OCH3 is 1. The zero-order valence-electron chi connectivity index (χ0n) is 13.2. The molecule has 0 radical (unpaired) electrons. The van der Waals surface area contributed by atoms with Crippen LogP contribution in [0.1, 0.15) is 11.1 Å². The fourth-order valence-corrected chi connectivity index (χ4v) is 3.47. The lowest BCUT2D eigenvalue weighted by Crippen LogP contribution is -2.68. The Morgan fingerprint density at radius 1 is 0.955 bits per heavy atom. The van der Waals surface area contributed by atoms with E-state index in [9.17, 15) is 0 Å². The van der Waals surface area contributed by atoms with Gasteiger partial charge in [-0.05, 0) is 18.2 Å². The highest BCUT2D eigenvalue weighted by Crippen LogP contribution is 2.46. The topological polar surface area (TPSA) is 21.7 Å². The Bertz CT molecular complexity index is 545. The Labute approximate surface area is 132 Å². The average molecular weight is 297 g/mol. The maximum absolute atomic E-state index is 6.15. The van der Waals surface area contributed by atoms with Crippen LogP contribution >= 0.6 is 0 Å². The highest BCUT2D eigenvalue weighted by atomic mass is 16.5. The number of ether oxygens (including phenoxy) is 2. The van der Waals surface area contributed by atoms with E-state index in [2.05, 4.69) is 72.6 Å². The van der Waals surface area contributed by atoms with E-state index in [1.54, 1.807) is 7.11 Å². The minimum atomic E-state index is -0.212. The molecule has 2 aromatic rings. The molecule has 0 saturated carbocycles. The van der Waals surface area contributed by atoms with Gasteiger partial charge in [-0.1, -0.05) is 60.7 Å². The number of likely N-dealkylation sites (N-methyl/N-ethyl adjacent to an activating group) is 1. The van der Waals surface area contributed by atoms with E-state index in [-0.39, 0.29) is 11.6 Å². The molecule has 0 bridgehead atoms. The molecule has 0 amide bonds. The van der Waals surface area contributed by atoms with Crippen molar-refractivity contribution < 1.29 is 9.47 Å². The Morgan fingerprint density at radius 2 is 1.50 bits per heavy atom. The second-order valence-corrected chi connectivity index (χ2v) is 5.73. The molecule has 22 heavy (non-hydrogen) atoms. The summed E-state index contributed by atoms with van der Waals surface area (Å²) in [6, 6.07) is 21.3. The second-order valence-electron chi connectivity index (χ2n) is 5.73. The predicted octanol–water partition coefficient (Wildman–Crippen LogP) is 2.91. The van der Waals surface area contributed by atoms with Crippen molar-refractivity contribution in [3.63, 3.8) is 0 Å². The number of hydrogen-bond donors (Lipinski definition) is 0. The van der Waals surface area contributed by atoms with Crippen molar-refractivity contribution in [2.24, 2.45) is 0 Å². The largest absolute Gasteiger partial charge is 0.382 e.